The first-order valence-corrected chi connectivity index (χ1v) is 8.87. The number of likely N-dealkylation sites (N-methyl/N-ethyl adjacent to an activating group) is 1. The summed E-state index contributed by atoms with van der Waals surface area (Å²) in [6, 6.07) is 10.6. The lowest BCUT2D eigenvalue weighted by atomic mass is 10.0. The summed E-state index contributed by atoms with van der Waals surface area (Å²) in [4.78, 5) is 16.0. The summed E-state index contributed by atoms with van der Waals surface area (Å²) in [6.45, 7) is 2.37. The highest BCUT2D eigenvalue weighted by Gasteiger charge is 2.34. The predicted octanol–water partition coefficient (Wildman–Crippen LogP) is 3.98. The second kappa shape index (κ2) is 7.78. The molecule has 0 fully saturated rings. The van der Waals surface area contributed by atoms with Gasteiger partial charge in [0.25, 0.3) is 5.91 Å². The number of aromatic hydroxyl groups is 1. The van der Waals surface area contributed by atoms with Crippen molar-refractivity contribution in [2.24, 2.45) is 0 Å². The summed E-state index contributed by atoms with van der Waals surface area (Å²) in [7, 11) is 1.63. The van der Waals surface area contributed by atoms with Gasteiger partial charge in [0.05, 0.1) is 0 Å². The minimum Gasteiger partial charge on any atom is -0.505 e. The maximum atomic E-state index is 13.9. The molecule has 1 N–H and O–H groups in total. The fourth-order valence-corrected chi connectivity index (χ4v) is 3.39. The van der Waals surface area contributed by atoms with Gasteiger partial charge in [-0.2, -0.15) is 0 Å². The highest BCUT2D eigenvalue weighted by Crippen LogP contribution is 2.36. The fourth-order valence-electron chi connectivity index (χ4n) is 3.39. The number of amides is 1. The third-order valence-electron chi connectivity index (χ3n) is 4.82. The molecule has 1 aliphatic heterocycles. The van der Waals surface area contributed by atoms with E-state index >= 15 is 0 Å². The normalized spacial score (nSPS) is 17.3. The molecular weight excluding hydrogens is 350 g/mol. The molecule has 142 valence electrons. The third-order valence-corrected chi connectivity index (χ3v) is 4.82. The van der Waals surface area contributed by atoms with Crippen molar-refractivity contribution in [3.8, 4) is 5.75 Å². The Balaban J connectivity index is 1.96. The number of carbonyl (C=O) groups excluding carboxylic acids is 1. The van der Waals surface area contributed by atoms with Crippen molar-refractivity contribution in [2.75, 3.05) is 13.6 Å². The largest absolute Gasteiger partial charge is 0.505 e. The van der Waals surface area contributed by atoms with Crippen molar-refractivity contribution in [2.45, 2.75) is 25.9 Å². The van der Waals surface area contributed by atoms with E-state index in [0.717, 1.165) is 5.56 Å². The quantitative estimate of drug-likeness (QED) is 0.863. The topological polar surface area (TPSA) is 43.8 Å². The van der Waals surface area contributed by atoms with Crippen LogP contribution in [-0.2, 0) is 11.2 Å². The monoisotopic (exact) mass is 372 g/mol. The Labute approximate surface area is 157 Å². The SMILES string of the molecule is CCC1=CN(CCc2cccc(F)c2)C(c2cccc(F)c2O)N(C)C1=O. The number of phenols is 1. The molecule has 0 aliphatic carbocycles. The average Bonchev–Trinajstić information content (AvgIpc) is 2.65. The first kappa shape index (κ1) is 18.9. The molecule has 1 atom stereocenters. The van der Waals surface area contributed by atoms with E-state index in [9.17, 15) is 18.7 Å². The summed E-state index contributed by atoms with van der Waals surface area (Å²) >= 11 is 0. The van der Waals surface area contributed by atoms with E-state index in [1.807, 2.05) is 17.9 Å². The van der Waals surface area contributed by atoms with Gasteiger partial charge in [-0.25, -0.2) is 8.78 Å². The van der Waals surface area contributed by atoms with Crippen molar-refractivity contribution in [1.29, 1.82) is 0 Å². The van der Waals surface area contributed by atoms with Crippen LogP contribution < -0.4 is 0 Å². The van der Waals surface area contributed by atoms with Gasteiger partial charge in [-0.15, -0.1) is 0 Å². The Morgan fingerprint density at radius 2 is 1.89 bits per heavy atom. The second-order valence-electron chi connectivity index (χ2n) is 6.59. The molecule has 0 saturated heterocycles. The first-order valence-electron chi connectivity index (χ1n) is 8.87. The number of phenolic OH excluding ortho intramolecular Hbond substituents is 1. The molecule has 4 nitrogen and oxygen atoms in total. The molecule has 0 aromatic heterocycles. The number of benzene rings is 2. The van der Waals surface area contributed by atoms with Gasteiger partial charge in [0, 0.05) is 30.9 Å². The zero-order valence-electron chi connectivity index (χ0n) is 15.3. The summed E-state index contributed by atoms with van der Waals surface area (Å²) in [6.07, 6.45) is 2.22. The van der Waals surface area contributed by atoms with Crippen LogP contribution in [0.3, 0.4) is 0 Å². The van der Waals surface area contributed by atoms with Crippen LogP contribution in [0.1, 0.15) is 30.6 Å². The lowest BCUT2D eigenvalue weighted by Crippen LogP contribution is -2.45. The minimum absolute atomic E-state index is 0.159. The molecule has 1 aliphatic rings. The summed E-state index contributed by atoms with van der Waals surface area (Å²) in [5, 5.41) is 10.2. The van der Waals surface area contributed by atoms with E-state index in [1.165, 1.54) is 29.2 Å². The van der Waals surface area contributed by atoms with E-state index < -0.39 is 17.7 Å². The van der Waals surface area contributed by atoms with Gasteiger partial charge in [0.1, 0.15) is 12.0 Å². The van der Waals surface area contributed by atoms with Gasteiger partial charge < -0.3 is 14.9 Å². The molecule has 2 aromatic carbocycles. The molecule has 1 unspecified atom stereocenters. The van der Waals surface area contributed by atoms with Gasteiger partial charge in [-0.1, -0.05) is 31.2 Å². The van der Waals surface area contributed by atoms with Crippen LogP contribution in [0, 0.1) is 11.6 Å². The molecule has 27 heavy (non-hydrogen) atoms. The van der Waals surface area contributed by atoms with Crippen LogP contribution in [0.2, 0.25) is 0 Å². The van der Waals surface area contributed by atoms with Crippen LogP contribution in [0.25, 0.3) is 0 Å². The average molecular weight is 372 g/mol. The Morgan fingerprint density at radius 1 is 1.15 bits per heavy atom. The van der Waals surface area contributed by atoms with Gasteiger partial charge >= 0.3 is 0 Å². The van der Waals surface area contributed by atoms with E-state index in [0.29, 0.717) is 30.5 Å². The van der Waals surface area contributed by atoms with Crippen LogP contribution >= 0.6 is 0 Å². The highest BCUT2D eigenvalue weighted by molar-refractivity contribution is 5.94. The lowest BCUT2D eigenvalue weighted by molar-refractivity contribution is -0.133. The standard InChI is InChI=1S/C21H22F2N2O2/c1-3-15-13-25(11-10-14-6-4-7-16(22)12-14)20(24(2)21(15)27)17-8-5-9-18(23)19(17)26/h4-9,12-13,20,26H,3,10-11H2,1-2H3. The molecule has 2 aromatic rings. The van der Waals surface area contributed by atoms with Crippen LogP contribution in [0.4, 0.5) is 8.78 Å². The molecular formula is C21H22F2N2O2. The van der Waals surface area contributed by atoms with E-state index in [2.05, 4.69) is 0 Å². The molecule has 1 amide bonds. The summed E-state index contributed by atoms with van der Waals surface area (Å²) < 4.78 is 27.3. The van der Waals surface area contributed by atoms with Gasteiger partial charge in [0.15, 0.2) is 11.6 Å². The van der Waals surface area contributed by atoms with Gasteiger partial charge in [-0.3, -0.25) is 4.79 Å². The Hall–Kier alpha value is -2.89. The number of halogens is 2. The smallest absolute Gasteiger partial charge is 0.252 e. The third kappa shape index (κ3) is 3.79. The zero-order valence-corrected chi connectivity index (χ0v) is 15.3. The van der Waals surface area contributed by atoms with Gasteiger partial charge in [0.2, 0.25) is 0 Å². The maximum absolute atomic E-state index is 13.9. The van der Waals surface area contributed by atoms with Crippen LogP contribution in [0.5, 0.6) is 5.75 Å². The molecule has 0 spiro atoms. The highest BCUT2D eigenvalue weighted by atomic mass is 19.1. The predicted molar refractivity (Wildman–Crippen MR) is 98.8 cm³/mol. The van der Waals surface area contributed by atoms with Gasteiger partial charge in [-0.05, 0) is 36.6 Å². The number of carbonyl (C=O) groups is 1. The molecule has 0 saturated carbocycles. The number of para-hydroxylation sites is 1. The van der Waals surface area contributed by atoms with E-state index in [-0.39, 0.29) is 11.7 Å². The van der Waals surface area contributed by atoms with Crippen molar-refractivity contribution in [1.82, 2.24) is 9.80 Å². The van der Waals surface area contributed by atoms with E-state index in [1.54, 1.807) is 25.4 Å². The zero-order chi connectivity index (χ0) is 19.6. The number of hydrogen-bond acceptors (Lipinski definition) is 3. The maximum Gasteiger partial charge on any atom is 0.252 e. The Bertz CT molecular complexity index is 882. The number of rotatable bonds is 5. The molecule has 3 rings (SSSR count). The Kier molecular flexibility index (Phi) is 5.44. The summed E-state index contributed by atoms with van der Waals surface area (Å²) in [5.41, 5.74) is 1.77. The molecule has 1 heterocycles. The number of hydrogen-bond donors (Lipinski definition) is 1. The summed E-state index contributed by atoms with van der Waals surface area (Å²) in [5.74, 6) is -1.66. The fraction of sp³-hybridized carbons (Fsp3) is 0.286. The van der Waals surface area contributed by atoms with Crippen LogP contribution in [-0.4, -0.2) is 34.4 Å². The van der Waals surface area contributed by atoms with Crippen LogP contribution in [0.15, 0.2) is 54.2 Å². The van der Waals surface area contributed by atoms with Crippen molar-refractivity contribution in [3.05, 3.63) is 77.0 Å². The molecule has 0 radical (unpaired) electrons. The molecule has 0 bridgehead atoms. The Morgan fingerprint density at radius 3 is 2.59 bits per heavy atom. The first-order chi connectivity index (χ1) is 12.9. The lowest BCUT2D eigenvalue weighted by Gasteiger charge is -2.42. The van der Waals surface area contributed by atoms with Crippen molar-refractivity contribution >= 4 is 5.91 Å². The van der Waals surface area contributed by atoms with E-state index in [4.69, 9.17) is 0 Å². The molecule has 6 heteroatoms. The second-order valence-corrected chi connectivity index (χ2v) is 6.59. The van der Waals surface area contributed by atoms with Crippen molar-refractivity contribution in [3.63, 3.8) is 0 Å². The van der Waals surface area contributed by atoms with Crippen molar-refractivity contribution < 1.29 is 18.7 Å². The number of nitrogens with zero attached hydrogens (tertiary/aromatic N) is 2. The minimum atomic E-state index is -0.733.